The van der Waals surface area contributed by atoms with E-state index < -0.39 is 17.6 Å². The molecule has 3 nitrogen and oxygen atoms in total. The van der Waals surface area contributed by atoms with Crippen LogP contribution in [0.25, 0.3) is 22.4 Å². The van der Waals surface area contributed by atoms with E-state index in [1.54, 1.807) is 18.2 Å². The average Bonchev–Trinajstić information content (AvgIpc) is 2.80. The van der Waals surface area contributed by atoms with Gasteiger partial charge in [-0.25, -0.2) is 9.37 Å². The highest BCUT2D eigenvalue weighted by Crippen LogP contribution is 2.35. The lowest BCUT2D eigenvalue weighted by Gasteiger charge is -2.09. The van der Waals surface area contributed by atoms with Gasteiger partial charge in [-0.15, -0.1) is 0 Å². The van der Waals surface area contributed by atoms with Crippen LogP contribution in [0.1, 0.15) is 5.56 Å². The summed E-state index contributed by atoms with van der Waals surface area (Å²) >= 11 is 0. The van der Waals surface area contributed by atoms with Crippen LogP contribution in [0, 0.1) is 5.82 Å². The summed E-state index contributed by atoms with van der Waals surface area (Å²) in [7, 11) is 0. The van der Waals surface area contributed by atoms with Gasteiger partial charge >= 0.3 is 6.18 Å². The molecule has 0 saturated heterocycles. The first-order valence-electron chi connectivity index (χ1n) is 5.97. The highest BCUT2D eigenvalue weighted by atomic mass is 19.4. The highest BCUT2D eigenvalue weighted by Gasteiger charge is 2.35. The molecule has 0 aliphatic carbocycles. The van der Waals surface area contributed by atoms with Crippen molar-refractivity contribution in [1.82, 2.24) is 9.97 Å². The summed E-state index contributed by atoms with van der Waals surface area (Å²) in [6.07, 6.45) is -4.75. The summed E-state index contributed by atoms with van der Waals surface area (Å²) < 4.78 is 52.2. The first-order valence-corrected chi connectivity index (χ1v) is 5.97. The zero-order valence-electron chi connectivity index (χ0n) is 10.5. The number of fused-ring (bicyclic) bond motifs is 1. The van der Waals surface area contributed by atoms with Crippen molar-refractivity contribution in [1.29, 1.82) is 0 Å². The first kappa shape index (κ1) is 13.4. The predicted molar refractivity (Wildman–Crippen MR) is 70.9 cm³/mol. The van der Waals surface area contributed by atoms with Gasteiger partial charge in [-0.05, 0) is 30.3 Å². The number of nitrogens with two attached hydrogens (primary N) is 1. The van der Waals surface area contributed by atoms with Crippen LogP contribution < -0.4 is 5.73 Å². The van der Waals surface area contributed by atoms with Gasteiger partial charge in [0.05, 0.1) is 22.2 Å². The maximum atomic E-state index is 14.1. The van der Waals surface area contributed by atoms with Gasteiger partial charge < -0.3 is 10.7 Å². The number of benzene rings is 2. The number of rotatable bonds is 1. The Hall–Kier alpha value is -2.57. The second-order valence-electron chi connectivity index (χ2n) is 4.53. The van der Waals surface area contributed by atoms with E-state index in [1.807, 2.05) is 0 Å². The predicted octanol–water partition coefficient (Wildman–Crippen LogP) is 3.97. The Morgan fingerprint density at radius 3 is 2.57 bits per heavy atom. The standard InChI is InChI=1S/C14H9F4N3/c15-12-8(2-1-3-9(12)14(16,17)18)13-20-10-5-4-7(19)6-11(10)21-13/h1-6H,19H2,(H,20,21). The quantitative estimate of drug-likeness (QED) is 0.527. The molecular formula is C14H9F4N3. The van der Waals surface area contributed by atoms with Crippen LogP contribution in [-0.2, 0) is 6.18 Å². The summed E-state index contributed by atoms with van der Waals surface area (Å²) in [5.74, 6) is -1.32. The fraction of sp³-hybridized carbons (Fsp3) is 0.0714. The Balaban J connectivity index is 2.19. The minimum absolute atomic E-state index is 0.0270. The van der Waals surface area contributed by atoms with Gasteiger partial charge in [-0.1, -0.05) is 6.07 Å². The molecule has 0 unspecified atom stereocenters. The average molecular weight is 295 g/mol. The Labute approximate surface area is 116 Å². The SMILES string of the molecule is Nc1ccc2nc(-c3cccc(C(F)(F)F)c3F)[nH]c2c1. The molecular weight excluding hydrogens is 286 g/mol. The van der Waals surface area contributed by atoms with Crippen LogP contribution in [-0.4, -0.2) is 9.97 Å². The summed E-state index contributed by atoms with van der Waals surface area (Å²) in [6, 6.07) is 7.87. The Kier molecular flexibility index (Phi) is 2.86. The summed E-state index contributed by atoms with van der Waals surface area (Å²) in [5.41, 5.74) is 5.56. The molecule has 21 heavy (non-hydrogen) atoms. The molecule has 2 aromatic carbocycles. The molecule has 3 aromatic rings. The molecule has 0 amide bonds. The van der Waals surface area contributed by atoms with Gasteiger partial charge in [-0.2, -0.15) is 13.2 Å². The van der Waals surface area contributed by atoms with Gasteiger partial charge in [0.25, 0.3) is 0 Å². The Morgan fingerprint density at radius 1 is 1.10 bits per heavy atom. The topological polar surface area (TPSA) is 54.7 Å². The number of H-pyrrole nitrogens is 1. The molecule has 1 heterocycles. The van der Waals surface area contributed by atoms with E-state index in [0.717, 1.165) is 6.07 Å². The van der Waals surface area contributed by atoms with Crippen LogP contribution >= 0.6 is 0 Å². The van der Waals surface area contributed by atoms with Crippen molar-refractivity contribution in [3.8, 4) is 11.4 Å². The third-order valence-electron chi connectivity index (χ3n) is 3.07. The fourth-order valence-corrected chi connectivity index (χ4v) is 2.09. The number of alkyl halides is 3. The van der Waals surface area contributed by atoms with Crippen LogP contribution in [0.4, 0.5) is 23.2 Å². The molecule has 3 rings (SSSR count). The number of hydrogen-bond donors (Lipinski definition) is 2. The van der Waals surface area contributed by atoms with Gasteiger partial charge in [-0.3, -0.25) is 0 Å². The monoisotopic (exact) mass is 295 g/mol. The molecule has 108 valence electrons. The minimum Gasteiger partial charge on any atom is -0.399 e. The highest BCUT2D eigenvalue weighted by molar-refractivity contribution is 5.82. The number of halogens is 4. The van der Waals surface area contributed by atoms with Gasteiger partial charge in [0.1, 0.15) is 11.6 Å². The molecule has 0 saturated carbocycles. The number of anilines is 1. The maximum absolute atomic E-state index is 14.1. The Bertz CT molecular complexity index is 821. The second-order valence-corrected chi connectivity index (χ2v) is 4.53. The lowest BCUT2D eigenvalue weighted by atomic mass is 10.1. The molecule has 0 bridgehead atoms. The second kappa shape index (κ2) is 4.47. The van der Waals surface area contributed by atoms with E-state index in [9.17, 15) is 17.6 Å². The summed E-state index contributed by atoms with van der Waals surface area (Å²) in [4.78, 5) is 6.86. The van der Waals surface area contributed by atoms with Crippen molar-refractivity contribution in [2.45, 2.75) is 6.18 Å². The van der Waals surface area contributed by atoms with Gasteiger partial charge in [0.15, 0.2) is 0 Å². The molecule has 0 spiro atoms. The largest absolute Gasteiger partial charge is 0.419 e. The van der Waals surface area contributed by atoms with Crippen LogP contribution in [0.3, 0.4) is 0 Å². The molecule has 0 atom stereocenters. The van der Waals surface area contributed by atoms with E-state index in [2.05, 4.69) is 9.97 Å². The zero-order valence-corrected chi connectivity index (χ0v) is 10.5. The van der Waals surface area contributed by atoms with Crippen molar-refractivity contribution in [2.24, 2.45) is 0 Å². The van der Waals surface area contributed by atoms with Crippen molar-refractivity contribution in [2.75, 3.05) is 5.73 Å². The molecule has 0 fully saturated rings. The van der Waals surface area contributed by atoms with Gasteiger partial charge in [0, 0.05) is 5.69 Å². The minimum atomic E-state index is -4.75. The van der Waals surface area contributed by atoms with Crippen molar-refractivity contribution in [3.63, 3.8) is 0 Å². The molecule has 1 aromatic heterocycles. The maximum Gasteiger partial charge on any atom is 0.419 e. The van der Waals surface area contributed by atoms with Crippen LogP contribution in [0.5, 0.6) is 0 Å². The summed E-state index contributed by atoms with van der Waals surface area (Å²) in [5, 5.41) is 0. The molecule has 0 radical (unpaired) electrons. The number of aromatic amines is 1. The van der Waals surface area contributed by atoms with E-state index in [1.165, 1.54) is 6.07 Å². The summed E-state index contributed by atoms with van der Waals surface area (Å²) in [6.45, 7) is 0. The van der Waals surface area contributed by atoms with Crippen LogP contribution in [0.15, 0.2) is 36.4 Å². The molecule has 0 aliphatic heterocycles. The first-order chi connectivity index (χ1) is 9.86. The lowest BCUT2D eigenvalue weighted by molar-refractivity contribution is -0.139. The van der Waals surface area contributed by atoms with E-state index >= 15 is 0 Å². The molecule has 3 N–H and O–H groups in total. The number of aromatic nitrogens is 2. The number of nitrogens with zero attached hydrogens (tertiary/aromatic N) is 1. The number of hydrogen-bond acceptors (Lipinski definition) is 2. The number of nitrogens with one attached hydrogen (secondary N) is 1. The van der Waals surface area contributed by atoms with E-state index in [-0.39, 0.29) is 11.4 Å². The van der Waals surface area contributed by atoms with Crippen molar-refractivity contribution in [3.05, 3.63) is 47.8 Å². The normalized spacial score (nSPS) is 12.0. The van der Waals surface area contributed by atoms with E-state index in [4.69, 9.17) is 5.73 Å². The van der Waals surface area contributed by atoms with Crippen molar-refractivity contribution >= 4 is 16.7 Å². The lowest BCUT2D eigenvalue weighted by Crippen LogP contribution is -2.08. The third-order valence-corrected chi connectivity index (χ3v) is 3.07. The zero-order chi connectivity index (χ0) is 15.2. The van der Waals surface area contributed by atoms with E-state index in [0.29, 0.717) is 22.8 Å². The number of nitrogen functional groups attached to an aromatic ring is 1. The molecule has 0 aliphatic rings. The molecule has 7 heteroatoms. The smallest absolute Gasteiger partial charge is 0.399 e. The van der Waals surface area contributed by atoms with Crippen molar-refractivity contribution < 1.29 is 17.6 Å². The Morgan fingerprint density at radius 2 is 1.86 bits per heavy atom. The van der Waals surface area contributed by atoms with Crippen LogP contribution in [0.2, 0.25) is 0 Å². The fourth-order valence-electron chi connectivity index (χ4n) is 2.09. The van der Waals surface area contributed by atoms with Gasteiger partial charge in [0.2, 0.25) is 0 Å². The third kappa shape index (κ3) is 2.31. The number of imidazole rings is 1.